The Balaban J connectivity index is 2.98. The van der Waals surface area contributed by atoms with Crippen molar-refractivity contribution < 1.29 is 9.90 Å². The van der Waals surface area contributed by atoms with E-state index in [0.717, 1.165) is 0 Å². The molecule has 0 fully saturated rings. The van der Waals surface area contributed by atoms with Gasteiger partial charge in [0.25, 0.3) is 0 Å². The number of nitrogens with zero attached hydrogens (tertiary/aromatic N) is 1. The minimum absolute atomic E-state index is 0.0162. The molecular formula is C8H8N2O2. The Bertz CT molecular complexity index is 316. The number of carbonyl (C=O) groups is 1. The molecule has 0 saturated heterocycles. The Morgan fingerprint density at radius 3 is 2.67 bits per heavy atom. The molecule has 0 aromatic carbocycles. The zero-order valence-electron chi connectivity index (χ0n) is 6.32. The zero-order chi connectivity index (χ0) is 9.14. The van der Waals surface area contributed by atoms with Gasteiger partial charge in [0.05, 0.1) is 5.57 Å². The van der Waals surface area contributed by atoms with Gasteiger partial charge >= 0.3 is 5.97 Å². The van der Waals surface area contributed by atoms with Gasteiger partial charge in [-0.05, 0) is 12.1 Å². The second-order valence-electron chi connectivity index (χ2n) is 2.26. The first-order valence-corrected chi connectivity index (χ1v) is 3.25. The normalized spacial score (nSPS) is 9.33. The van der Waals surface area contributed by atoms with Crippen LogP contribution in [0.5, 0.6) is 0 Å². The lowest BCUT2D eigenvalue weighted by atomic mass is 10.1. The fourth-order valence-corrected chi connectivity index (χ4v) is 0.707. The number of aliphatic carboxylic acids is 1. The smallest absolute Gasteiger partial charge is 0.335 e. The summed E-state index contributed by atoms with van der Waals surface area (Å²) in [6.07, 6.45) is 1.38. The minimum atomic E-state index is -1.05. The van der Waals surface area contributed by atoms with Crippen LogP contribution in [0.1, 0.15) is 5.56 Å². The zero-order valence-corrected chi connectivity index (χ0v) is 6.32. The topological polar surface area (TPSA) is 76.2 Å². The molecule has 0 aliphatic heterocycles. The molecule has 0 radical (unpaired) electrons. The van der Waals surface area contributed by atoms with Gasteiger partial charge in [0, 0.05) is 11.8 Å². The fraction of sp³-hybridized carbons (Fsp3) is 0. The summed E-state index contributed by atoms with van der Waals surface area (Å²) >= 11 is 0. The van der Waals surface area contributed by atoms with Gasteiger partial charge in [-0.3, -0.25) is 0 Å². The number of anilines is 1. The van der Waals surface area contributed by atoms with Gasteiger partial charge in [-0.1, -0.05) is 6.58 Å². The van der Waals surface area contributed by atoms with Gasteiger partial charge < -0.3 is 10.8 Å². The molecule has 0 unspecified atom stereocenters. The molecule has 1 aromatic rings. The third-order valence-electron chi connectivity index (χ3n) is 1.39. The van der Waals surface area contributed by atoms with Crippen LogP contribution in [0.15, 0.2) is 24.9 Å². The number of hydrogen-bond acceptors (Lipinski definition) is 3. The van der Waals surface area contributed by atoms with Crippen molar-refractivity contribution in [2.24, 2.45) is 0 Å². The van der Waals surface area contributed by atoms with Crippen molar-refractivity contribution in [3.05, 3.63) is 30.5 Å². The number of pyridine rings is 1. The van der Waals surface area contributed by atoms with Gasteiger partial charge in [-0.25, -0.2) is 9.78 Å². The van der Waals surface area contributed by atoms with Gasteiger partial charge in [0.1, 0.15) is 5.82 Å². The Morgan fingerprint density at radius 1 is 1.58 bits per heavy atom. The Hall–Kier alpha value is -1.84. The van der Waals surface area contributed by atoms with Crippen LogP contribution in [0, 0.1) is 0 Å². The minimum Gasteiger partial charge on any atom is -0.478 e. The van der Waals surface area contributed by atoms with Gasteiger partial charge in [0.2, 0.25) is 0 Å². The Morgan fingerprint density at radius 2 is 2.25 bits per heavy atom. The average molecular weight is 164 g/mol. The molecule has 3 N–H and O–H groups in total. The van der Waals surface area contributed by atoms with Crippen LogP contribution in [-0.2, 0) is 4.79 Å². The molecule has 0 aliphatic rings. The van der Waals surface area contributed by atoms with Crippen LogP contribution < -0.4 is 5.73 Å². The summed E-state index contributed by atoms with van der Waals surface area (Å²) in [6, 6.07) is 3.10. The second kappa shape index (κ2) is 3.04. The van der Waals surface area contributed by atoms with Crippen LogP contribution in [-0.4, -0.2) is 16.1 Å². The predicted molar refractivity (Wildman–Crippen MR) is 45.3 cm³/mol. The lowest BCUT2D eigenvalue weighted by Crippen LogP contribution is -1.99. The van der Waals surface area contributed by atoms with Crippen molar-refractivity contribution in [2.75, 3.05) is 5.73 Å². The van der Waals surface area contributed by atoms with E-state index in [-0.39, 0.29) is 5.57 Å². The molecule has 4 nitrogen and oxygen atoms in total. The maximum atomic E-state index is 10.4. The Kier molecular flexibility index (Phi) is 2.09. The summed E-state index contributed by atoms with van der Waals surface area (Å²) < 4.78 is 0. The highest BCUT2D eigenvalue weighted by Crippen LogP contribution is 2.11. The highest BCUT2D eigenvalue weighted by atomic mass is 16.4. The number of carboxylic acids is 1. The van der Waals surface area contributed by atoms with Crippen molar-refractivity contribution in [2.45, 2.75) is 0 Å². The van der Waals surface area contributed by atoms with Crippen molar-refractivity contribution >= 4 is 17.4 Å². The molecule has 1 rings (SSSR count). The number of nitrogen functional groups attached to an aromatic ring is 1. The Labute approximate surface area is 69.4 Å². The predicted octanol–water partition coefficient (Wildman–Crippen LogP) is 0.762. The first-order valence-electron chi connectivity index (χ1n) is 3.25. The van der Waals surface area contributed by atoms with E-state index in [0.29, 0.717) is 11.4 Å². The summed E-state index contributed by atoms with van der Waals surface area (Å²) in [5, 5.41) is 8.55. The van der Waals surface area contributed by atoms with E-state index in [1.54, 1.807) is 6.07 Å². The van der Waals surface area contributed by atoms with Gasteiger partial charge in [-0.2, -0.15) is 0 Å². The molecule has 0 bridgehead atoms. The van der Waals surface area contributed by atoms with Crippen LogP contribution in [0.25, 0.3) is 5.57 Å². The monoisotopic (exact) mass is 164 g/mol. The van der Waals surface area contributed by atoms with Crippen LogP contribution in [0.2, 0.25) is 0 Å². The van der Waals surface area contributed by atoms with Gasteiger partial charge in [0.15, 0.2) is 0 Å². The lowest BCUT2D eigenvalue weighted by Gasteiger charge is -1.98. The maximum Gasteiger partial charge on any atom is 0.335 e. The molecule has 0 atom stereocenters. The maximum absolute atomic E-state index is 10.4. The van der Waals surface area contributed by atoms with E-state index < -0.39 is 5.97 Å². The fourth-order valence-electron chi connectivity index (χ4n) is 0.707. The molecule has 12 heavy (non-hydrogen) atoms. The second-order valence-corrected chi connectivity index (χ2v) is 2.26. The molecule has 1 heterocycles. The van der Waals surface area contributed by atoms with E-state index >= 15 is 0 Å². The first kappa shape index (κ1) is 8.26. The van der Waals surface area contributed by atoms with E-state index in [9.17, 15) is 4.79 Å². The summed E-state index contributed by atoms with van der Waals surface area (Å²) in [5.74, 6) is -0.696. The van der Waals surface area contributed by atoms with Crippen molar-refractivity contribution in [3.8, 4) is 0 Å². The van der Waals surface area contributed by atoms with Crippen LogP contribution in [0.4, 0.5) is 5.82 Å². The average Bonchev–Trinajstić information content (AvgIpc) is 2.04. The van der Waals surface area contributed by atoms with Crippen LogP contribution in [0.3, 0.4) is 0 Å². The van der Waals surface area contributed by atoms with Gasteiger partial charge in [-0.15, -0.1) is 0 Å². The number of carboxylic acid groups (broad SMARTS) is 1. The standard InChI is InChI=1S/C8H8N2O2/c1-5(8(11)12)6-2-3-7(9)10-4-6/h2-4H,1H2,(H2,9,10)(H,11,12). The van der Waals surface area contributed by atoms with Crippen molar-refractivity contribution in [3.63, 3.8) is 0 Å². The molecule has 1 aromatic heterocycles. The molecular weight excluding hydrogens is 156 g/mol. The third kappa shape index (κ3) is 1.60. The van der Waals surface area contributed by atoms with E-state index in [2.05, 4.69) is 11.6 Å². The highest BCUT2D eigenvalue weighted by Gasteiger charge is 2.06. The lowest BCUT2D eigenvalue weighted by molar-refractivity contribution is -0.130. The number of rotatable bonds is 2. The molecule has 0 saturated carbocycles. The number of hydrogen-bond donors (Lipinski definition) is 2. The van der Waals surface area contributed by atoms with E-state index in [4.69, 9.17) is 10.8 Å². The highest BCUT2D eigenvalue weighted by molar-refractivity contribution is 6.14. The van der Waals surface area contributed by atoms with Crippen LogP contribution >= 0.6 is 0 Å². The van der Waals surface area contributed by atoms with Crippen molar-refractivity contribution in [1.82, 2.24) is 4.98 Å². The molecule has 62 valence electrons. The number of aromatic nitrogens is 1. The van der Waals surface area contributed by atoms with E-state index in [1.165, 1.54) is 12.3 Å². The molecule has 0 aliphatic carbocycles. The first-order chi connectivity index (χ1) is 5.61. The SMILES string of the molecule is C=C(C(=O)O)c1ccc(N)nc1. The molecule has 4 heteroatoms. The third-order valence-corrected chi connectivity index (χ3v) is 1.39. The summed E-state index contributed by atoms with van der Waals surface area (Å²) in [6.45, 7) is 3.37. The van der Waals surface area contributed by atoms with Crippen molar-refractivity contribution in [1.29, 1.82) is 0 Å². The largest absolute Gasteiger partial charge is 0.478 e. The summed E-state index contributed by atoms with van der Waals surface area (Å²) in [7, 11) is 0. The molecule has 0 spiro atoms. The summed E-state index contributed by atoms with van der Waals surface area (Å²) in [4.78, 5) is 14.2. The summed E-state index contributed by atoms with van der Waals surface area (Å²) in [5.41, 5.74) is 5.80. The van der Waals surface area contributed by atoms with E-state index in [1.807, 2.05) is 0 Å². The quantitative estimate of drug-likeness (QED) is 0.633. The molecule has 0 amide bonds. The number of nitrogens with two attached hydrogens (primary N) is 1.